The van der Waals surface area contributed by atoms with Gasteiger partial charge in [0.05, 0.1) is 12.2 Å². The van der Waals surface area contributed by atoms with Crippen molar-refractivity contribution in [3.8, 4) is 0 Å². The average Bonchev–Trinajstić information content (AvgIpc) is 2.40. The highest BCUT2D eigenvalue weighted by Crippen LogP contribution is 2.10. The van der Waals surface area contributed by atoms with Gasteiger partial charge in [-0.15, -0.1) is 0 Å². The zero-order valence-corrected chi connectivity index (χ0v) is 10.8. The SMILES string of the molecule is [C-]#[N+]CC(=O)Nc1ccc(C(=O)OCCCC)cc1. The molecule has 1 amide bonds. The zero-order chi connectivity index (χ0) is 14.1. The third-order valence-electron chi connectivity index (χ3n) is 2.36. The van der Waals surface area contributed by atoms with Crippen LogP contribution in [0.5, 0.6) is 0 Å². The number of benzene rings is 1. The van der Waals surface area contributed by atoms with Gasteiger partial charge in [0.2, 0.25) is 0 Å². The number of hydrogen-bond donors (Lipinski definition) is 1. The van der Waals surface area contributed by atoms with E-state index >= 15 is 0 Å². The minimum Gasteiger partial charge on any atom is -0.462 e. The minimum atomic E-state index is -0.368. The number of rotatable bonds is 6. The predicted octanol–water partition coefficient (Wildman–Crippen LogP) is 2.50. The summed E-state index contributed by atoms with van der Waals surface area (Å²) in [7, 11) is 0. The van der Waals surface area contributed by atoms with Crippen LogP contribution < -0.4 is 5.32 Å². The Hall–Kier alpha value is -2.35. The van der Waals surface area contributed by atoms with Gasteiger partial charge in [-0.25, -0.2) is 11.4 Å². The minimum absolute atomic E-state index is 0.208. The summed E-state index contributed by atoms with van der Waals surface area (Å²) < 4.78 is 5.06. The molecule has 0 atom stereocenters. The number of amides is 1. The molecule has 19 heavy (non-hydrogen) atoms. The highest BCUT2D eigenvalue weighted by Gasteiger charge is 2.08. The summed E-state index contributed by atoms with van der Waals surface area (Å²) in [6.45, 7) is 8.80. The van der Waals surface area contributed by atoms with E-state index in [1.165, 1.54) is 0 Å². The lowest BCUT2D eigenvalue weighted by molar-refractivity contribution is -0.114. The van der Waals surface area contributed by atoms with Crippen molar-refractivity contribution >= 4 is 17.6 Å². The van der Waals surface area contributed by atoms with Gasteiger partial charge in [0.25, 0.3) is 6.54 Å². The van der Waals surface area contributed by atoms with E-state index in [4.69, 9.17) is 11.3 Å². The Bertz CT molecular complexity index is 474. The summed E-state index contributed by atoms with van der Waals surface area (Å²) in [5.74, 6) is -0.735. The second-order valence-electron chi connectivity index (χ2n) is 3.93. The van der Waals surface area contributed by atoms with Crippen molar-refractivity contribution in [2.45, 2.75) is 19.8 Å². The van der Waals surface area contributed by atoms with Crippen LogP contribution in [0.2, 0.25) is 0 Å². The molecule has 0 unspecified atom stereocenters. The summed E-state index contributed by atoms with van der Waals surface area (Å²) in [6, 6.07) is 6.39. The van der Waals surface area contributed by atoms with Crippen molar-refractivity contribution in [1.29, 1.82) is 0 Å². The van der Waals surface area contributed by atoms with Crippen molar-refractivity contribution < 1.29 is 14.3 Å². The molecule has 0 fully saturated rings. The second-order valence-corrected chi connectivity index (χ2v) is 3.93. The summed E-state index contributed by atoms with van der Waals surface area (Å²) in [6.07, 6.45) is 1.82. The molecule has 0 radical (unpaired) electrons. The van der Waals surface area contributed by atoms with Crippen LogP contribution in [-0.4, -0.2) is 25.0 Å². The molecule has 0 heterocycles. The number of esters is 1. The van der Waals surface area contributed by atoms with E-state index in [1.807, 2.05) is 6.92 Å². The van der Waals surface area contributed by atoms with Gasteiger partial charge >= 0.3 is 11.9 Å². The fourth-order valence-corrected chi connectivity index (χ4v) is 1.35. The molecule has 0 aromatic heterocycles. The molecule has 5 nitrogen and oxygen atoms in total. The number of carbonyl (C=O) groups excluding carboxylic acids is 2. The summed E-state index contributed by atoms with van der Waals surface area (Å²) in [4.78, 5) is 25.8. The maximum atomic E-state index is 11.6. The van der Waals surface area contributed by atoms with Crippen LogP contribution in [-0.2, 0) is 9.53 Å². The Morgan fingerprint density at radius 2 is 2.00 bits per heavy atom. The van der Waals surface area contributed by atoms with E-state index in [-0.39, 0.29) is 18.4 Å². The van der Waals surface area contributed by atoms with Crippen LogP contribution in [0.4, 0.5) is 5.69 Å². The Morgan fingerprint density at radius 3 is 2.58 bits per heavy atom. The topological polar surface area (TPSA) is 59.8 Å². The normalized spacial score (nSPS) is 9.47. The van der Waals surface area contributed by atoms with E-state index < -0.39 is 0 Å². The third kappa shape index (κ3) is 5.21. The number of hydrogen-bond acceptors (Lipinski definition) is 3. The fourth-order valence-electron chi connectivity index (χ4n) is 1.35. The van der Waals surface area contributed by atoms with Gasteiger partial charge in [0.1, 0.15) is 0 Å². The largest absolute Gasteiger partial charge is 0.462 e. The molecule has 0 saturated carbocycles. The summed E-state index contributed by atoms with van der Waals surface area (Å²) in [5.41, 5.74) is 0.998. The number of carbonyl (C=O) groups is 2. The lowest BCUT2D eigenvalue weighted by atomic mass is 10.2. The van der Waals surface area contributed by atoms with E-state index in [0.29, 0.717) is 17.9 Å². The smallest absolute Gasteiger partial charge is 0.338 e. The van der Waals surface area contributed by atoms with Crippen molar-refractivity contribution in [3.05, 3.63) is 41.2 Å². The van der Waals surface area contributed by atoms with Crippen molar-refractivity contribution in [2.24, 2.45) is 0 Å². The van der Waals surface area contributed by atoms with Crippen molar-refractivity contribution in [3.63, 3.8) is 0 Å². The number of nitrogens with zero attached hydrogens (tertiary/aromatic N) is 1. The number of unbranched alkanes of at least 4 members (excludes halogenated alkanes) is 1. The highest BCUT2D eigenvalue weighted by atomic mass is 16.5. The van der Waals surface area contributed by atoms with Crippen LogP contribution in [0.3, 0.4) is 0 Å². The van der Waals surface area contributed by atoms with Crippen LogP contribution in [0, 0.1) is 6.57 Å². The third-order valence-corrected chi connectivity index (χ3v) is 2.36. The molecule has 0 saturated heterocycles. The molecule has 1 N–H and O–H groups in total. The average molecular weight is 260 g/mol. The summed E-state index contributed by atoms with van der Waals surface area (Å²) in [5, 5.41) is 2.56. The first-order chi connectivity index (χ1) is 9.17. The van der Waals surface area contributed by atoms with Crippen LogP contribution in [0.25, 0.3) is 4.85 Å². The quantitative estimate of drug-likeness (QED) is 0.485. The molecule has 0 aliphatic rings. The zero-order valence-electron chi connectivity index (χ0n) is 10.8. The molecule has 1 aromatic rings. The van der Waals surface area contributed by atoms with E-state index in [1.54, 1.807) is 24.3 Å². The van der Waals surface area contributed by atoms with Crippen molar-refractivity contribution in [1.82, 2.24) is 0 Å². The first-order valence-corrected chi connectivity index (χ1v) is 6.07. The molecule has 100 valence electrons. The van der Waals surface area contributed by atoms with Crippen LogP contribution >= 0.6 is 0 Å². The predicted molar refractivity (Wildman–Crippen MR) is 71.7 cm³/mol. The molecule has 1 aromatic carbocycles. The fraction of sp³-hybridized carbons (Fsp3) is 0.357. The maximum Gasteiger partial charge on any atom is 0.338 e. The number of anilines is 1. The van der Waals surface area contributed by atoms with Gasteiger partial charge in [-0.3, -0.25) is 4.79 Å². The Balaban J connectivity index is 2.54. The Labute approximate surface area is 112 Å². The monoisotopic (exact) mass is 260 g/mol. The van der Waals surface area contributed by atoms with Gasteiger partial charge in [-0.2, -0.15) is 0 Å². The van der Waals surface area contributed by atoms with Gasteiger partial charge in [0.15, 0.2) is 0 Å². The molecule has 0 aliphatic carbocycles. The van der Waals surface area contributed by atoms with E-state index in [2.05, 4.69) is 10.2 Å². The van der Waals surface area contributed by atoms with Crippen LogP contribution in [0.1, 0.15) is 30.1 Å². The van der Waals surface area contributed by atoms with Gasteiger partial charge in [-0.1, -0.05) is 13.3 Å². The van der Waals surface area contributed by atoms with E-state index in [9.17, 15) is 9.59 Å². The lowest BCUT2D eigenvalue weighted by Gasteiger charge is -2.05. The first kappa shape index (κ1) is 14.7. The Kier molecular flexibility index (Phi) is 6.10. The molecular formula is C14H16N2O3. The van der Waals surface area contributed by atoms with E-state index in [0.717, 1.165) is 12.8 Å². The molecule has 0 aliphatic heterocycles. The second kappa shape index (κ2) is 7.88. The number of nitrogens with one attached hydrogen (secondary N) is 1. The summed E-state index contributed by atoms with van der Waals surface area (Å²) >= 11 is 0. The molecule has 5 heteroatoms. The molecule has 0 spiro atoms. The van der Waals surface area contributed by atoms with Gasteiger partial charge in [0, 0.05) is 5.69 Å². The van der Waals surface area contributed by atoms with Gasteiger partial charge < -0.3 is 14.9 Å². The highest BCUT2D eigenvalue weighted by molar-refractivity contribution is 5.94. The molecule has 1 rings (SSSR count). The van der Waals surface area contributed by atoms with Crippen molar-refractivity contribution in [2.75, 3.05) is 18.5 Å². The molecule has 0 bridgehead atoms. The lowest BCUT2D eigenvalue weighted by Crippen LogP contribution is -2.14. The molecular weight excluding hydrogens is 244 g/mol. The first-order valence-electron chi connectivity index (χ1n) is 6.07. The van der Waals surface area contributed by atoms with Gasteiger partial charge in [-0.05, 0) is 30.7 Å². The maximum absolute atomic E-state index is 11.6. The Morgan fingerprint density at radius 1 is 1.32 bits per heavy atom. The van der Waals surface area contributed by atoms with Crippen LogP contribution in [0.15, 0.2) is 24.3 Å². The number of ether oxygens (including phenoxy) is 1. The standard InChI is InChI=1S/C14H16N2O3/c1-3-4-9-19-14(18)11-5-7-12(8-6-11)16-13(17)10-15-2/h5-8H,3-4,9-10H2,1H3,(H,16,17).